The van der Waals surface area contributed by atoms with E-state index in [-0.39, 0.29) is 11.4 Å². The van der Waals surface area contributed by atoms with Crippen LogP contribution in [0.1, 0.15) is 4.88 Å². The van der Waals surface area contributed by atoms with Gasteiger partial charge < -0.3 is 9.64 Å². The van der Waals surface area contributed by atoms with E-state index in [9.17, 15) is 20.2 Å². The number of rotatable bonds is 7. The molecule has 1 aromatic heterocycles. The van der Waals surface area contributed by atoms with Gasteiger partial charge in [-0.05, 0) is 6.07 Å². The zero-order chi connectivity index (χ0) is 22.5. The number of aromatic nitrogens is 1. The van der Waals surface area contributed by atoms with Crippen LogP contribution in [0.4, 0.5) is 22.2 Å². The van der Waals surface area contributed by atoms with Gasteiger partial charge in [0.2, 0.25) is 0 Å². The number of nitro benzene ring substituents is 2. The number of nitrogens with zero attached hydrogens (tertiary/aromatic N) is 5. The molecule has 164 valence electrons. The van der Waals surface area contributed by atoms with Crippen LogP contribution in [-0.4, -0.2) is 47.3 Å². The van der Waals surface area contributed by atoms with Crippen LogP contribution in [0.15, 0.2) is 53.6 Å². The summed E-state index contributed by atoms with van der Waals surface area (Å²) in [6.45, 7) is 2.75. The third kappa shape index (κ3) is 4.71. The number of morpholine rings is 1. The van der Waals surface area contributed by atoms with Gasteiger partial charge in [0.15, 0.2) is 5.13 Å². The molecule has 1 aliphatic rings. The first-order chi connectivity index (χ1) is 15.5. The van der Waals surface area contributed by atoms with Crippen molar-refractivity contribution in [3.8, 4) is 11.3 Å². The summed E-state index contributed by atoms with van der Waals surface area (Å²) in [5.41, 5.74) is 3.55. The summed E-state index contributed by atoms with van der Waals surface area (Å²) in [4.78, 5) is 28.6. The van der Waals surface area contributed by atoms with Gasteiger partial charge in [-0.2, -0.15) is 5.10 Å². The van der Waals surface area contributed by atoms with Crippen LogP contribution in [0.2, 0.25) is 0 Å². The van der Waals surface area contributed by atoms with Gasteiger partial charge in [0.25, 0.3) is 5.69 Å². The summed E-state index contributed by atoms with van der Waals surface area (Å²) in [6.07, 6.45) is 1.55. The number of hydrogen-bond acceptors (Lipinski definition) is 10. The fourth-order valence-electron chi connectivity index (χ4n) is 3.14. The Morgan fingerprint density at radius 2 is 1.84 bits per heavy atom. The SMILES string of the molecule is O=[N+]([O-])c1ccc(NN=Cc2sc(N3CCOCC3)nc2-c2ccccc2)c([N+](=O)[O-])c1. The number of non-ortho nitro benzene ring substituents is 1. The van der Waals surface area contributed by atoms with E-state index < -0.39 is 15.5 Å². The van der Waals surface area contributed by atoms with Gasteiger partial charge >= 0.3 is 5.69 Å². The molecule has 1 N–H and O–H groups in total. The molecule has 11 nitrogen and oxygen atoms in total. The van der Waals surface area contributed by atoms with Crippen molar-refractivity contribution in [2.45, 2.75) is 0 Å². The number of thiazole rings is 1. The second kappa shape index (κ2) is 9.49. The van der Waals surface area contributed by atoms with Crippen molar-refractivity contribution in [1.29, 1.82) is 0 Å². The molecule has 2 heterocycles. The van der Waals surface area contributed by atoms with Gasteiger partial charge in [-0.1, -0.05) is 41.7 Å². The Bertz CT molecular complexity index is 1160. The molecule has 0 amide bonds. The average Bonchev–Trinajstić information content (AvgIpc) is 3.24. The van der Waals surface area contributed by atoms with E-state index in [2.05, 4.69) is 15.4 Å². The van der Waals surface area contributed by atoms with E-state index in [4.69, 9.17) is 9.72 Å². The minimum Gasteiger partial charge on any atom is -0.378 e. The van der Waals surface area contributed by atoms with Gasteiger partial charge in [-0.3, -0.25) is 25.7 Å². The molecule has 3 aromatic rings. The Kier molecular flexibility index (Phi) is 6.33. The van der Waals surface area contributed by atoms with Gasteiger partial charge in [-0.15, -0.1) is 0 Å². The zero-order valence-corrected chi connectivity index (χ0v) is 17.5. The van der Waals surface area contributed by atoms with E-state index >= 15 is 0 Å². The Morgan fingerprint density at radius 1 is 1.09 bits per heavy atom. The van der Waals surface area contributed by atoms with E-state index in [0.717, 1.165) is 40.4 Å². The predicted molar refractivity (Wildman–Crippen MR) is 122 cm³/mol. The number of ether oxygens (including phenoxy) is 1. The molecule has 0 saturated carbocycles. The maximum absolute atomic E-state index is 11.3. The number of anilines is 2. The second-order valence-electron chi connectivity index (χ2n) is 6.76. The maximum atomic E-state index is 11.3. The van der Waals surface area contributed by atoms with E-state index in [1.807, 2.05) is 30.3 Å². The summed E-state index contributed by atoms with van der Waals surface area (Å²) in [7, 11) is 0. The largest absolute Gasteiger partial charge is 0.378 e. The molecular weight excluding hydrogens is 436 g/mol. The number of hydrogen-bond donors (Lipinski definition) is 1. The molecule has 0 bridgehead atoms. The molecule has 0 unspecified atom stereocenters. The lowest BCUT2D eigenvalue weighted by Gasteiger charge is -2.26. The first-order valence-corrected chi connectivity index (χ1v) is 10.5. The number of nitrogens with one attached hydrogen (secondary N) is 1. The first-order valence-electron chi connectivity index (χ1n) is 9.64. The fourth-order valence-corrected chi connectivity index (χ4v) is 4.15. The molecular formula is C20H18N6O5S. The standard InChI is InChI=1S/C20H18N6O5S/c27-25(28)15-6-7-16(17(12-15)26(29)30)23-21-13-18-19(14-4-2-1-3-5-14)22-20(32-18)24-8-10-31-11-9-24/h1-7,12-13,23H,8-11H2. The molecule has 4 rings (SSSR count). The molecule has 2 aromatic carbocycles. The van der Waals surface area contributed by atoms with E-state index in [1.165, 1.54) is 23.5 Å². The van der Waals surface area contributed by atoms with Crippen molar-refractivity contribution in [3.05, 3.63) is 73.6 Å². The molecule has 1 saturated heterocycles. The van der Waals surface area contributed by atoms with Crippen LogP contribution < -0.4 is 10.3 Å². The second-order valence-corrected chi connectivity index (χ2v) is 7.77. The molecule has 1 fully saturated rings. The van der Waals surface area contributed by atoms with Crippen LogP contribution in [0, 0.1) is 20.2 Å². The first kappa shape index (κ1) is 21.3. The summed E-state index contributed by atoms with van der Waals surface area (Å²) in [5, 5.41) is 27.2. The topological polar surface area (TPSA) is 136 Å². The fraction of sp³-hybridized carbons (Fsp3) is 0.200. The lowest BCUT2D eigenvalue weighted by atomic mass is 10.1. The number of benzene rings is 2. The molecule has 1 aliphatic heterocycles. The zero-order valence-electron chi connectivity index (χ0n) is 16.7. The molecule has 0 spiro atoms. The van der Waals surface area contributed by atoms with E-state index in [0.29, 0.717) is 13.2 Å². The van der Waals surface area contributed by atoms with Gasteiger partial charge in [-0.25, -0.2) is 4.98 Å². The quantitative estimate of drug-likeness (QED) is 0.322. The number of nitro groups is 2. The molecule has 0 aliphatic carbocycles. The van der Waals surface area contributed by atoms with Crippen LogP contribution >= 0.6 is 11.3 Å². The maximum Gasteiger partial charge on any atom is 0.301 e. The summed E-state index contributed by atoms with van der Waals surface area (Å²) < 4.78 is 5.41. The van der Waals surface area contributed by atoms with Gasteiger partial charge in [0, 0.05) is 24.7 Å². The lowest BCUT2D eigenvalue weighted by Crippen LogP contribution is -2.36. The average molecular weight is 454 g/mol. The highest BCUT2D eigenvalue weighted by molar-refractivity contribution is 7.17. The van der Waals surface area contributed by atoms with Crippen molar-refractivity contribution < 1.29 is 14.6 Å². The van der Waals surface area contributed by atoms with Crippen molar-refractivity contribution >= 4 is 39.7 Å². The van der Waals surface area contributed by atoms with Crippen molar-refractivity contribution in [2.75, 3.05) is 36.6 Å². The third-order valence-electron chi connectivity index (χ3n) is 4.73. The summed E-state index contributed by atoms with van der Waals surface area (Å²) in [6, 6.07) is 13.0. The summed E-state index contributed by atoms with van der Waals surface area (Å²) in [5.74, 6) is 0. The van der Waals surface area contributed by atoms with Crippen LogP contribution in [-0.2, 0) is 4.74 Å². The van der Waals surface area contributed by atoms with E-state index in [1.54, 1.807) is 6.21 Å². The van der Waals surface area contributed by atoms with Gasteiger partial charge in [0.05, 0.1) is 45.9 Å². The van der Waals surface area contributed by atoms with Crippen LogP contribution in [0.3, 0.4) is 0 Å². The third-order valence-corrected chi connectivity index (χ3v) is 5.78. The molecule has 32 heavy (non-hydrogen) atoms. The predicted octanol–water partition coefficient (Wildman–Crippen LogP) is 3.91. The Balaban J connectivity index is 1.63. The highest BCUT2D eigenvalue weighted by Gasteiger charge is 2.20. The normalized spacial score (nSPS) is 13.9. The monoisotopic (exact) mass is 454 g/mol. The Labute approximate surface area is 186 Å². The number of hydrazone groups is 1. The molecule has 12 heteroatoms. The molecule has 0 atom stereocenters. The van der Waals surface area contributed by atoms with Crippen LogP contribution in [0.5, 0.6) is 0 Å². The Hall–Kier alpha value is -3.90. The Morgan fingerprint density at radius 3 is 2.53 bits per heavy atom. The van der Waals surface area contributed by atoms with Crippen molar-refractivity contribution in [2.24, 2.45) is 5.10 Å². The lowest BCUT2D eigenvalue weighted by molar-refractivity contribution is -0.393. The smallest absolute Gasteiger partial charge is 0.301 e. The minimum atomic E-state index is -0.691. The minimum absolute atomic E-state index is 0.0519. The van der Waals surface area contributed by atoms with Gasteiger partial charge in [0.1, 0.15) is 5.69 Å². The highest BCUT2D eigenvalue weighted by Crippen LogP contribution is 2.33. The van der Waals surface area contributed by atoms with Crippen LogP contribution in [0.25, 0.3) is 11.3 Å². The molecule has 0 radical (unpaired) electrons. The van der Waals surface area contributed by atoms with Crippen molar-refractivity contribution in [3.63, 3.8) is 0 Å². The van der Waals surface area contributed by atoms with Crippen molar-refractivity contribution in [1.82, 2.24) is 4.98 Å². The highest BCUT2D eigenvalue weighted by atomic mass is 32.1. The summed E-state index contributed by atoms with van der Waals surface area (Å²) >= 11 is 1.46.